The Hall–Kier alpha value is -1.37. The number of carboxylic acid groups (broad SMARTS) is 1. The Labute approximate surface area is 129 Å². The number of carboxylic acids is 1. The van der Waals surface area contributed by atoms with Gasteiger partial charge in [-0.1, -0.05) is 15.9 Å². The number of carbonyl (C=O) groups is 1. The zero-order chi connectivity index (χ0) is 15.5. The average Bonchev–Trinajstić information content (AvgIpc) is 2.42. The van der Waals surface area contributed by atoms with Crippen LogP contribution in [0.5, 0.6) is 11.5 Å². The molecule has 0 bridgehead atoms. The first-order valence-electron chi connectivity index (χ1n) is 6.59. The van der Waals surface area contributed by atoms with E-state index in [0.29, 0.717) is 24.7 Å². The molecule has 0 saturated heterocycles. The topological polar surface area (TPSA) is 55.8 Å². The Morgan fingerprint density at radius 3 is 2.48 bits per heavy atom. The fraction of sp³-hybridized carbons (Fsp3) is 0.500. The van der Waals surface area contributed by atoms with Crippen LogP contribution in [0.1, 0.15) is 31.2 Å². The fourth-order valence-corrected chi connectivity index (χ4v) is 2.71. The third-order valence-electron chi connectivity index (χ3n) is 3.16. The first kappa shape index (κ1) is 16.0. The molecule has 1 aliphatic rings. The van der Waals surface area contributed by atoms with Gasteiger partial charge in [-0.2, -0.15) is 0 Å². The lowest BCUT2D eigenvalue weighted by Gasteiger charge is -2.23. The van der Waals surface area contributed by atoms with Crippen LogP contribution in [0.15, 0.2) is 16.6 Å². The molecule has 4 nitrogen and oxygen atoms in total. The van der Waals surface area contributed by atoms with Gasteiger partial charge < -0.3 is 14.6 Å². The zero-order valence-corrected chi connectivity index (χ0v) is 12.8. The van der Waals surface area contributed by atoms with E-state index in [9.17, 15) is 13.6 Å². The van der Waals surface area contributed by atoms with Crippen molar-refractivity contribution in [1.29, 1.82) is 0 Å². The van der Waals surface area contributed by atoms with Gasteiger partial charge in [0, 0.05) is 22.9 Å². The van der Waals surface area contributed by atoms with Gasteiger partial charge >= 0.3 is 5.97 Å². The molecule has 1 aliphatic heterocycles. The average molecular weight is 365 g/mol. The van der Waals surface area contributed by atoms with Crippen LogP contribution in [0.2, 0.25) is 0 Å². The van der Waals surface area contributed by atoms with Gasteiger partial charge in [0.2, 0.25) is 0 Å². The van der Waals surface area contributed by atoms with Crippen molar-refractivity contribution >= 4 is 21.9 Å². The molecular formula is C14H15BrF2O4. The molecule has 0 spiro atoms. The lowest BCUT2D eigenvalue weighted by Crippen LogP contribution is -2.18. The fourth-order valence-electron chi connectivity index (χ4n) is 2.10. The molecule has 0 saturated carbocycles. The van der Waals surface area contributed by atoms with Crippen molar-refractivity contribution < 1.29 is 28.2 Å². The summed E-state index contributed by atoms with van der Waals surface area (Å²) in [6.07, 6.45) is -0.135. The minimum absolute atomic E-state index is 0.0988. The van der Waals surface area contributed by atoms with Crippen LogP contribution >= 0.6 is 15.9 Å². The maximum Gasteiger partial charge on any atom is 0.303 e. The molecule has 21 heavy (non-hydrogen) atoms. The Morgan fingerprint density at radius 2 is 1.86 bits per heavy atom. The summed E-state index contributed by atoms with van der Waals surface area (Å²) in [7, 11) is 0. The number of ether oxygens (including phenoxy) is 2. The number of alkyl halides is 2. The van der Waals surface area contributed by atoms with Gasteiger partial charge in [0.15, 0.2) is 11.5 Å². The van der Waals surface area contributed by atoms with Gasteiger partial charge in [0.1, 0.15) is 13.2 Å². The lowest BCUT2D eigenvalue weighted by molar-refractivity contribution is -0.137. The molecule has 0 amide bonds. The lowest BCUT2D eigenvalue weighted by atomic mass is 10.0. The van der Waals surface area contributed by atoms with E-state index in [1.54, 1.807) is 0 Å². The Balaban J connectivity index is 2.09. The highest BCUT2D eigenvalue weighted by atomic mass is 79.9. The predicted octanol–water partition coefficient (Wildman–Crippen LogP) is 3.96. The number of benzene rings is 1. The molecule has 1 aromatic rings. The monoisotopic (exact) mass is 364 g/mol. The van der Waals surface area contributed by atoms with E-state index in [1.165, 1.54) is 12.1 Å². The van der Waals surface area contributed by atoms with Crippen molar-refractivity contribution in [3.8, 4) is 11.5 Å². The van der Waals surface area contributed by atoms with E-state index >= 15 is 0 Å². The summed E-state index contributed by atoms with van der Waals surface area (Å²) in [6.45, 7) is 0.725. The van der Waals surface area contributed by atoms with Crippen LogP contribution in [-0.4, -0.2) is 24.3 Å². The highest BCUT2D eigenvalue weighted by Gasteiger charge is 2.34. The SMILES string of the molecule is O=C(O)CCCCC(F)(F)c1cc2c(cc1Br)OCCO2. The summed E-state index contributed by atoms with van der Waals surface area (Å²) in [6, 6.07) is 2.77. The van der Waals surface area contributed by atoms with Crippen molar-refractivity contribution in [2.75, 3.05) is 13.2 Å². The quantitative estimate of drug-likeness (QED) is 0.776. The van der Waals surface area contributed by atoms with Crippen LogP contribution in [0.3, 0.4) is 0 Å². The molecule has 116 valence electrons. The highest BCUT2D eigenvalue weighted by Crippen LogP contribution is 2.43. The largest absolute Gasteiger partial charge is 0.486 e. The zero-order valence-electron chi connectivity index (χ0n) is 11.2. The number of aliphatic carboxylic acids is 1. The molecule has 1 N–H and O–H groups in total. The molecule has 0 aliphatic carbocycles. The molecule has 0 aromatic heterocycles. The van der Waals surface area contributed by atoms with Crippen LogP contribution in [0.25, 0.3) is 0 Å². The van der Waals surface area contributed by atoms with E-state index in [-0.39, 0.29) is 29.3 Å². The molecular weight excluding hydrogens is 350 g/mol. The molecule has 0 fully saturated rings. The number of unbranched alkanes of at least 4 members (excludes halogenated alkanes) is 1. The van der Waals surface area contributed by atoms with Crippen molar-refractivity contribution in [3.05, 3.63) is 22.2 Å². The van der Waals surface area contributed by atoms with E-state index in [1.807, 2.05) is 0 Å². The van der Waals surface area contributed by atoms with Gasteiger partial charge in [-0.3, -0.25) is 4.79 Å². The van der Waals surface area contributed by atoms with E-state index in [2.05, 4.69) is 15.9 Å². The molecule has 2 rings (SSSR count). The number of rotatable bonds is 6. The highest BCUT2D eigenvalue weighted by molar-refractivity contribution is 9.10. The molecule has 0 atom stereocenters. The Bertz CT molecular complexity index is 534. The van der Waals surface area contributed by atoms with Crippen molar-refractivity contribution in [2.24, 2.45) is 0 Å². The number of hydrogen-bond acceptors (Lipinski definition) is 3. The van der Waals surface area contributed by atoms with Crippen LogP contribution in [0.4, 0.5) is 8.78 Å². The molecule has 1 aromatic carbocycles. The molecule has 7 heteroatoms. The summed E-state index contributed by atoms with van der Waals surface area (Å²) >= 11 is 3.13. The normalized spacial score (nSPS) is 14.0. The Kier molecular flexibility index (Phi) is 5.03. The summed E-state index contributed by atoms with van der Waals surface area (Å²) in [5, 5.41) is 8.51. The second-order valence-corrected chi connectivity index (χ2v) is 5.64. The molecule has 0 radical (unpaired) electrons. The van der Waals surface area contributed by atoms with Gasteiger partial charge in [-0.05, 0) is 25.0 Å². The number of fused-ring (bicyclic) bond motifs is 1. The van der Waals surface area contributed by atoms with Crippen molar-refractivity contribution in [3.63, 3.8) is 0 Å². The summed E-state index contributed by atoms with van der Waals surface area (Å²) in [5.74, 6) is -3.27. The number of hydrogen-bond donors (Lipinski definition) is 1. The van der Waals surface area contributed by atoms with Gasteiger partial charge in [0.25, 0.3) is 5.92 Å². The third kappa shape index (κ3) is 4.06. The first-order valence-corrected chi connectivity index (χ1v) is 7.39. The van der Waals surface area contributed by atoms with E-state index in [4.69, 9.17) is 14.6 Å². The predicted molar refractivity (Wildman–Crippen MR) is 75.1 cm³/mol. The van der Waals surface area contributed by atoms with Gasteiger partial charge in [-0.15, -0.1) is 0 Å². The van der Waals surface area contributed by atoms with Crippen LogP contribution in [0, 0.1) is 0 Å². The Morgan fingerprint density at radius 1 is 1.24 bits per heavy atom. The summed E-state index contributed by atoms with van der Waals surface area (Å²) in [5.41, 5.74) is -0.165. The molecule has 1 heterocycles. The third-order valence-corrected chi connectivity index (χ3v) is 3.81. The summed E-state index contributed by atoms with van der Waals surface area (Å²) < 4.78 is 39.4. The van der Waals surface area contributed by atoms with Crippen LogP contribution < -0.4 is 9.47 Å². The molecule has 0 unspecified atom stereocenters. The summed E-state index contributed by atoms with van der Waals surface area (Å²) in [4.78, 5) is 10.4. The second kappa shape index (κ2) is 6.60. The first-order chi connectivity index (χ1) is 9.90. The standard InChI is InChI=1S/C14H15BrF2O4/c15-10-8-12-11(20-5-6-21-12)7-9(10)14(16,17)4-2-1-3-13(18)19/h7-8H,1-6H2,(H,18,19). The minimum Gasteiger partial charge on any atom is -0.486 e. The maximum absolute atomic E-state index is 14.2. The van der Waals surface area contributed by atoms with Crippen LogP contribution in [-0.2, 0) is 10.7 Å². The van der Waals surface area contributed by atoms with Crippen molar-refractivity contribution in [1.82, 2.24) is 0 Å². The minimum atomic E-state index is -3.05. The van der Waals surface area contributed by atoms with Crippen molar-refractivity contribution in [2.45, 2.75) is 31.6 Å². The second-order valence-electron chi connectivity index (χ2n) is 4.78. The van der Waals surface area contributed by atoms with E-state index < -0.39 is 18.3 Å². The number of halogens is 3. The van der Waals surface area contributed by atoms with Gasteiger partial charge in [-0.25, -0.2) is 8.78 Å². The smallest absolute Gasteiger partial charge is 0.303 e. The maximum atomic E-state index is 14.2. The van der Waals surface area contributed by atoms with Gasteiger partial charge in [0.05, 0.1) is 0 Å². The van der Waals surface area contributed by atoms with E-state index in [0.717, 1.165) is 0 Å².